The number of anilines is 1. The van der Waals surface area contributed by atoms with E-state index < -0.39 is 22.5 Å². The first-order chi connectivity index (χ1) is 16.7. The van der Waals surface area contributed by atoms with Crippen molar-refractivity contribution in [2.75, 3.05) is 11.9 Å². The van der Waals surface area contributed by atoms with Crippen LogP contribution >= 0.6 is 23.2 Å². The second-order valence-electron chi connectivity index (χ2n) is 7.40. The van der Waals surface area contributed by atoms with Gasteiger partial charge in [-0.3, -0.25) is 9.59 Å². The lowest BCUT2D eigenvalue weighted by molar-refractivity contribution is -0.121. The fraction of sp³-hybridized carbons (Fsp3) is 0.125. The van der Waals surface area contributed by atoms with E-state index in [9.17, 15) is 18.0 Å². The van der Waals surface area contributed by atoms with Gasteiger partial charge in [0.25, 0.3) is 5.91 Å². The van der Waals surface area contributed by atoms with Crippen LogP contribution in [0.2, 0.25) is 10.0 Å². The van der Waals surface area contributed by atoms with Crippen molar-refractivity contribution >= 4 is 56.9 Å². The number of hydrogen-bond donors (Lipinski definition) is 2. The smallest absolute Gasteiger partial charge is 0.255 e. The molecule has 182 valence electrons. The third-order valence-electron chi connectivity index (χ3n) is 4.71. The van der Waals surface area contributed by atoms with Gasteiger partial charge in [-0.2, -0.15) is 9.41 Å². The molecule has 0 fully saturated rings. The zero-order valence-corrected chi connectivity index (χ0v) is 20.9. The number of hydrogen-bond acceptors (Lipinski definition) is 5. The van der Waals surface area contributed by atoms with Gasteiger partial charge >= 0.3 is 0 Å². The molecule has 11 heteroatoms. The standard InChI is InChI=1S/C24H22Cl2N4O4S/c1-17(31)28-20-10-12-21(13-11-20)35(33,34)30(15-18-6-3-2-4-7-18)16-23(32)29-27-14-19-8-5-9-22(25)24(19)26/h2-14H,15-16H2,1H3,(H,28,31)(H,29,32)/b27-14-. The Bertz CT molecular complexity index is 1330. The van der Waals surface area contributed by atoms with Crippen molar-refractivity contribution in [2.45, 2.75) is 18.4 Å². The van der Waals surface area contributed by atoms with Gasteiger partial charge in [0.2, 0.25) is 15.9 Å². The Hall–Kier alpha value is -3.24. The Morgan fingerprint density at radius 1 is 0.971 bits per heavy atom. The molecule has 0 heterocycles. The Balaban J connectivity index is 1.79. The van der Waals surface area contributed by atoms with E-state index in [1.807, 2.05) is 6.07 Å². The zero-order valence-electron chi connectivity index (χ0n) is 18.6. The molecule has 0 saturated heterocycles. The maximum Gasteiger partial charge on any atom is 0.255 e. The number of nitrogens with one attached hydrogen (secondary N) is 2. The molecule has 3 rings (SSSR count). The number of amides is 2. The van der Waals surface area contributed by atoms with Crippen LogP contribution in [-0.4, -0.2) is 37.3 Å². The summed E-state index contributed by atoms with van der Waals surface area (Å²) in [7, 11) is -4.06. The highest BCUT2D eigenvalue weighted by Crippen LogP contribution is 2.24. The van der Waals surface area contributed by atoms with Gasteiger partial charge in [0.05, 0.1) is 27.7 Å². The molecule has 2 N–H and O–H groups in total. The molecule has 0 radical (unpaired) electrons. The number of rotatable bonds is 9. The van der Waals surface area contributed by atoms with Crippen molar-refractivity contribution in [1.29, 1.82) is 0 Å². The number of benzene rings is 3. The average molecular weight is 533 g/mol. The van der Waals surface area contributed by atoms with Crippen molar-refractivity contribution in [3.05, 3.63) is 94.0 Å². The molecule has 8 nitrogen and oxygen atoms in total. The average Bonchev–Trinajstić information content (AvgIpc) is 2.82. The van der Waals surface area contributed by atoms with E-state index in [-0.39, 0.29) is 22.4 Å². The van der Waals surface area contributed by atoms with Crippen molar-refractivity contribution < 1.29 is 18.0 Å². The molecule has 0 saturated carbocycles. The number of halogens is 2. The second-order valence-corrected chi connectivity index (χ2v) is 10.1. The van der Waals surface area contributed by atoms with Gasteiger partial charge in [0.15, 0.2) is 0 Å². The van der Waals surface area contributed by atoms with Crippen LogP contribution in [0.25, 0.3) is 0 Å². The first kappa shape index (κ1) is 26.4. The Kier molecular flexibility index (Phi) is 9.00. The van der Waals surface area contributed by atoms with Gasteiger partial charge in [0.1, 0.15) is 0 Å². The molecular weight excluding hydrogens is 511 g/mol. The lowest BCUT2D eigenvalue weighted by Crippen LogP contribution is -2.39. The lowest BCUT2D eigenvalue weighted by atomic mass is 10.2. The number of hydrazone groups is 1. The van der Waals surface area contributed by atoms with E-state index >= 15 is 0 Å². The molecule has 0 unspecified atom stereocenters. The van der Waals surface area contributed by atoms with Gasteiger partial charge in [-0.25, -0.2) is 13.8 Å². The third kappa shape index (κ3) is 7.37. The maximum absolute atomic E-state index is 13.4. The first-order valence-corrected chi connectivity index (χ1v) is 12.5. The van der Waals surface area contributed by atoms with Crippen molar-refractivity contribution in [3.8, 4) is 0 Å². The molecule has 0 aliphatic heterocycles. The molecular formula is C24H22Cl2N4O4S. The SMILES string of the molecule is CC(=O)Nc1ccc(S(=O)(=O)N(CC(=O)N/N=C\c2cccc(Cl)c2Cl)Cc2ccccc2)cc1. The molecule has 3 aromatic rings. The van der Waals surface area contributed by atoms with Crippen LogP contribution in [0.3, 0.4) is 0 Å². The van der Waals surface area contributed by atoms with Gasteiger partial charge in [-0.15, -0.1) is 0 Å². The fourth-order valence-corrected chi connectivity index (χ4v) is 4.81. The first-order valence-electron chi connectivity index (χ1n) is 10.3. The highest BCUT2D eigenvalue weighted by Gasteiger charge is 2.27. The predicted molar refractivity (Wildman–Crippen MR) is 137 cm³/mol. The molecule has 0 bridgehead atoms. The predicted octanol–water partition coefficient (Wildman–Crippen LogP) is 4.29. The van der Waals surface area contributed by atoms with E-state index in [0.717, 1.165) is 4.31 Å². The van der Waals surface area contributed by atoms with Crippen LogP contribution in [0.5, 0.6) is 0 Å². The zero-order chi connectivity index (χ0) is 25.4. The summed E-state index contributed by atoms with van der Waals surface area (Å²) in [4.78, 5) is 23.8. The monoisotopic (exact) mass is 532 g/mol. The third-order valence-corrected chi connectivity index (χ3v) is 7.35. The van der Waals surface area contributed by atoms with Crippen LogP contribution in [-0.2, 0) is 26.2 Å². The summed E-state index contributed by atoms with van der Waals surface area (Å²) < 4.78 is 27.8. The van der Waals surface area contributed by atoms with E-state index in [1.54, 1.807) is 42.5 Å². The molecule has 0 aromatic heterocycles. The quantitative estimate of drug-likeness (QED) is 0.316. The van der Waals surface area contributed by atoms with E-state index in [1.165, 1.54) is 37.4 Å². The minimum atomic E-state index is -4.06. The number of sulfonamides is 1. The number of nitrogens with zero attached hydrogens (tertiary/aromatic N) is 2. The summed E-state index contributed by atoms with van der Waals surface area (Å²) in [6.45, 7) is 0.840. The largest absolute Gasteiger partial charge is 0.326 e. The summed E-state index contributed by atoms with van der Waals surface area (Å²) in [5.41, 5.74) is 3.97. The molecule has 2 amide bonds. The Labute approximate surface area is 213 Å². The van der Waals surface area contributed by atoms with Crippen molar-refractivity contribution in [2.24, 2.45) is 5.10 Å². The normalized spacial score (nSPS) is 11.5. The van der Waals surface area contributed by atoms with Crippen molar-refractivity contribution in [1.82, 2.24) is 9.73 Å². The Morgan fingerprint density at radius 2 is 1.66 bits per heavy atom. The summed E-state index contributed by atoms with van der Waals surface area (Å²) in [6, 6.07) is 19.6. The van der Waals surface area contributed by atoms with Crippen LogP contribution in [0.1, 0.15) is 18.1 Å². The highest BCUT2D eigenvalue weighted by atomic mass is 35.5. The minimum absolute atomic E-state index is 0.0236. The second kappa shape index (κ2) is 11.9. The van der Waals surface area contributed by atoms with Crippen LogP contribution < -0.4 is 10.7 Å². The van der Waals surface area contributed by atoms with Crippen LogP contribution in [0, 0.1) is 0 Å². The van der Waals surface area contributed by atoms with Gasteiger partial charge < -0.3 is 5.32 Å². The van der Waals surface area contributed by atoms with Gasteiger partial charge in [0, 0.05) is 24.7 Å². The number of carbonyl (C=O) groups is 2. The molecule has 0 aliphatic rings. The van der Waals surface area contributed by atoms with Crippen LogP contribution in [0.15, 0.2) is 82.8 Å². The number of carbonyl (C=O) groups excluding carboxylic acids is 2. The topological polar surface area (TPSA) is 108 Å². The molecule has 3 aromatic carbocycles. The van der Waals surface area contributed by atoms with Gasteiger partial charge in [-0.05, 0) is 35.9 Å². The summed E-state index contributed by atoms with van der Waals surface area (Å²) >= 11 is 12.1. The fourth-order valence-electron chi connectivity index (χ4n) is 3.07. The van der Waals surface area contributed by atoms with E-state index in [2.05, 4.69) is 15.8 Å². The van der Waals surface area contributed by atoms with Crippen molar-refractivity contribution in [3.63, 3.8) is 0 Å². The summed E-state index contributed by atoms with van der Waals surface area (Å²) in [5, 5.41) is 7.07. The van der Waals surface area contributed by atoms with E-state index in [4.69, 9.17) is 23.2 Å². The van der Waals surface area contributed by atoms with Gasteiger partial charge in [-0.1, -0.05) is 65.7 Å². The van der Waals surface area contributed by atoms with Crippen LogP contribution in [0.4, 0.5) is 5.69 Å². The molecule has 0 spiro atoms. The van der Waals surface area contributed by atoms with E-state index in [0.29, 0.717) is 21.8 Å². The highest BCUT2D eigenvalue weighted by molar-refractivity contribution is 7.89. The maximum atomic E-state index is 13.4. The minimum Gasteiger partial charge on any atom is -0.326 e. The summed E-state index contributed by atoms with van der Waals surface area (Å²) in [5.74, 6) is -0.920. The molecule has 35 heavy (non-hydrogen) atoms. The molecule has 0 atom stereocenters. The molecule has 0 aliphatic carbocycles. The Morgan fingerprint density at radius 3 is 2.31 bits per heavy atom. The summed E-state index contributed by atoms with van der Waals surface area (Å²) in [6.07, 6.45) is 1.32. The lowest BCUT2D eigenvalue weighted by Gasteiger charge is -2.21.